The van der Waals surface area contributed by atoms with E-state index in [0.29, 0.717) is 0 Å². The van der Waals surface area contributed by atoms with E-state index < -0.39 is 26.8 Å². The molecule has 0 aliphatic rings. The first kappa shape index (κ1) is 17.1. The lowest BCUT2D eigenvalue weighted by atomic mass is 10.1. The van der Waals surface area contributed by atoms with Gasteiger partial charge in [-0.1, -0.05) is 13.0 Å². The summed E-state index contributed by atoms with van der Waals surface area (Å²) in [5.74, 6) is -1.41. The number of carbonyl (C=O) groups is 1. The summed E-state index contributed by atoms with van der Waals surface area (Å²) >= 11 is 0. The number of carboxylic acid groups (broad SMARTS) is 1. The van der Waals surface area contributed by atoms with Crippen LogP contribution in [-0.2, 0) is 14.8 Å². The van der Waals surface area contributed by atoms with Crippen molar-refractivity contribution in [3.8, 4) is 0 Å². The molecule has 0 heterocycles. The van der Waals surface area contributed by atoms with Crippen LogP contribution in [0.3, 0.4) is 0 Å². The van der Waals surface area contributed by atoms with Gasteiger partial charge in [-0.3, -0.25) is 14.9 Å². The molecule has 0 radical (unpaired) electrons. The minimum absolute atomic E-state index is 0.0425. The van der Waals surface area contributed by atoms with Gasteiger partial charge in [-0.15, -0.1) is 0 Å². The smallest absolute Gasteiger partial charge is 0.303 e. The Morgan fingerprint density at radius 1 is 1.48 bits per heavy atom. The number of hydrogen-bond donors (Lipinski definition) is 2. The van der Waals surface area contributed by atoms with Crippen molar-refractivity contribution in [3.63, 3.8) is 0 Å². The van der Waals surface area contributed by atoms with Gasteiger partial charge in [0.05, 0.1) is 9.82 Å². The van der Waals surface area contributed by atoms with Crippen LogP contribution in [0.4, 0.5) is 5.69 Å². The van der Waals surface area contributed by atoms with Crippen molar-refractivity contribution in [1.29, 1.82) is 0 Å². The number of rotatable bonds is 7. The second-order valence-corrected chi connectivity index (χ2v) is 6.45. The summed E-state index contributed by atoms with van der Waals surface area (Å²) in [6, 6.07) is 3.79. The molecule has 0 fully saturated rings. The quantitative estimate of drug-likeness (QED) is 0.576. The van der Waals surface area contributed by atoms with E-state index in [2.05, 4.69) is 4.72 Å². The van der Waals surface area contributed by atoms with E-state index >= 15 is 0 Å². The van der Waals surface area contributed by atoms with Crippen LogP contribution in [0.1, 0.15) is 18.9 Å². The molecular weight excluding hydrogens is 300 g/mol. The second kappa shape index (κ2) is 6.64. The zero-order valence-electron chi connectivity index (χ0n) is 11.6. The van der Waals surface area contributed by atoms with E-state index in [4.69, 9.17) is 5.11 Å². The Bertz CT molecular complexity index is 656. The monoisotopic (exact) mass is 316 g/mol. The Morgan fingerprint density at radius 3 is 2.62 bits per heavy atom. The normalized spacial score (nSPS) is 12.9. The van der Waals surface area contributed by atoms with E-state index in [1.807, 2.05) is 0 Å². The average Bonchev–Trinajstić information content (AvgIpc) is 2.35. The Hall–Kier alpha value is -2.00. The molecule has 1 aromatic rings. The molecule has 0 aliphatic heterocycles. The highest BCUT2D eigenvalue weighted by atomic mass is 32.2. The molecule has 0 aromatic heterocycles. The number of nitrogens with one attached hydrogen (secondary N) is 1. The summed E-state index contributed by atoms with van der Waals surface area (Å²) in [6.45, 7) is 2.89. The van der Waals surface area contributed by atoms with Gasteiger partial charge in [-0.05, 0) is 18.9 Å². The van der Waals surface area contributed by atoms with Crippen LogP contribution < -0.4 is 4.72 Å². The van der Waals surface area contributed by atoms with Crippen molar-refractivity contribution in [1.82, 2.24) is 4.72 Å². The van der Waals surface area contributed by atoms with Crippen molar-refractivity contribution in [3.05, 3.63) is 33.9 Å². The van der Waals surface area contributed by atoms with Crippen molar-refractivity contribution in [2.45, 2.75) is 25.2 Å². The van der Waals surface area contributed by atoms with Crippen molar-refractivity contribution in [2.24, 2.45) is 5.92 Å². The molecule has 9 heteroatoms. The lowest BCUT2D eigenvalue weighted by Crippen LogP contribution is -2.30. The summed E-state index contributed by atoms with van der Waals surface area (Å²) in [4.78, 5) is 20.5. The van der Waals surface area contributed by atoms with Crippen molar-refractivity contribution in [2.75, 3.05) is 6.54 Å². The molecule has 0 spiro atoms. The Morgan fingerprint density at radius 2 is 2.10 bits per heavy atom. The predicted octanol–water partition coefficient (Wildman–Crippen LogP) is 1.29. The van der Waals surface area contributed by atoms with Gasteiger partial charge >= 0.3 is 5.97 Å². The van der Waals surface area contributed by atoms with E-state index in [-0.39, 0.29) is 29.1 Å². The Kier molecular flexibility index (Phi) is 5.39. The third kappa shape index (κ3) is 4.50. The molecular formula is C12H16N2O6S. The molecule has 1 unspecified atom stereocenters. The van der Waals surface area contributed by atoms with E-state index in [9.17, 15) is 23.3 Å². The number of sulfonamides is 1. The topological polar surface area (TPSA) is 127 Å². The fraction of sp³-hybridized carbons (Fsp3) is 0.417. The maximum Gasteiger partial charge on any atom is 0.303 e. The minimum atomic E-state index is -3.93. The van der Waals surface area contributed by atoms with Crippen LogP contribution >= 0.6 is 0 Å². The third-order valence-corrected chi connectivity index (χ3v) is 4.45. The van der Waals surface area contributed by atoms with Crippen molar-refractivity contribution >= 4 is 21.7 Å². The van der Waals surface area contributed by atoms with Gasteiger partial charge in [0.1, 0.15) is 0 Å². The highest BCUT2D eigenvalue weighted by Crippen LogP contribution is 2.24. The van der Waals surface area contributed by atoms with Crippen LogP contribution in [0.25, 0.3) is 0 Å². The van der Waals surface area contributed by atoms with E-state index in [1.54, 1.807) is 6.92 Å². The fourth-order valence-electron chi connectivity index (χ4n) is 1.79. The molecule has 0 amide bonds. The van der Waals surface area contributed by atoms with Gasteiger partial charge in [-0.2, -0.15) is 0 Å². The van der Waals surface area contributed by atoms with Crippen molar-refractivity contribution < 1.29 is 23.2 Å². The first-order valence-corrected chi connectivity index (χ1v) is 7.59. The summed E-state index contributed by atoms with van der Waals surface area (Å²) in [5, 5.41) is 19.4. The number of carboxylic acids is 1. The molecule has 21 heavy (non-hydrogen) atoms. The SMILES string of the molecule is Cc1c([N+](=O)[O-])cccc1S(=O)(=O)NCC(C)CC(=O)O. The van der Waals surface area contributed by atoms with Crippen LogP contribution in [0, 0.1) is 23.0 Å². The number of nitro groups is 1. The van der Waals surface area contributed by atoms with Crippen LogP contribution in [0.2, 0.25) is 0 Å². The maximum absolute atomic E-state index is 12.1. The summed E-state index contributed by atoms with van der Waals surface area (Å²) in [5.41, 5.74) is -0.239. The summed E-state index contributed by atoms with van der Waals surface area (Å²) < 4.78 is 26.5. The first-order valence-electron chi connectivity index (χ1n) is 6.10. The molecule has 0 bridgehead atoms. The summed E-state index contributed by atoms with van der Waals surface area (Å²) in [6.07, 6.45) is -0.170. The highest BCUT2D eigenvalue weighted by molar-refractivity contribution is 7.89. The molecule has 0 aliphatic carbocycles. The van der Waals surface area contributed by atoms with Gasteiger partial charge in [0.15, 0.2) is 0 Å². The number of nitro benzene ring substituents is 1. The second-order valence-electron chi connectivity index (χ2n) is 4.71. The fourth-order valence-corrected chi connectivity index (χ4v) is 3.22. The lowest BCUT2D eigenvalue weighted by molar-refractivity contribution is -0.385. The van der Waals surface area contributed by atoms with Gasteiger partial charge in [0, 0.05) is 24.6 Å². The van der Waals surface area contributed by atoms with Gasteiger partial charge in [-0.25, -0.2) is 13.1 Å². The number of nitrogens with zero attached hydrogens (tertiary/aromatic N) is 1. The molecule has 116 valence electrons. The molecule has 2 N–H and O–H groups in total. The van der Waals surface area contributed by atoms with Gasteiger partial charge in [0.25, 0.3) is 5.69 Å². The average molecular weight is 316 g/mol. The van der Waals surface area contributed by atoms with Gasteiger partial charge < -0.3 is 5.11 Å². The largest absolute Gasteiger partial charge is 0.481 e. The zero-order chi connectivity index (χ0) is 16.2. The minimum Gasteiger partial charge on any atom is -0.481 e. The first-order chi connectivity index (χ1) is 9.65. The van der Waals surface area contributed by atoms with E-state index in [1.165, 1.54) is 25.1 Å². The summed E-state index contributed by atoms with van der Waals surface area (Å²) in [7, 11) is -3.93. The molecule has 0 saturated carbocycles. The van der Waals surface area contributed by atoms with Crippen LogP contribution in [-0.4, -0.2) is 31.0 Å². The number of hydrogen-bond acceptors (Lipinski definition) is 5. The third-order valence-electron chi connectivity index (χ3n) is 2.89. The molecule has 1 atom stereocenters. The Labute approximate surface area is 122 Å². The highest BCUT2D eigenvalue weighted by Gasteiger charge is 2.23. The van der Waals surface area contributed by atoms with Crippen LogP contribution in [0.15, 0.2) is 23.1 Å². The van der Waals surface area contributed by atoms with E-state index in [0.717, 1.165) is 0 Å². The lowest BCUT2D eigenvalue weighted by Gasteiger charge is -2.12. The molecule has 1 aromatic carbocycles. The predicted molar refractivity (Wildman–Crippen MR) is 74.4 cm³/mol. The Balaban J connectivity index is 2.96. The van der Waals surface area contributed by atoms with Gasteiger partial charge in [0.2, 0.25) is 10.0 Å². The zero-order valence-corrected chi connectivity index (χ0v) is 12.4. The molecule has 0 saturated heterocycles. The maximum atomic E-state index is 12.1. The molecule has 8 nitrogen and oxygen atoms in total. The number of aliphatic carboxylic acids is 1. The van der Waals surface area contributed by atoms with Crippen LogP contribution in [0.5, 0.6) is 0 Å². The molecule has 1 rings (SSSR count). The standard InChI is InChI=1S/C12H16N2O6S/c1-8(6-12(15)16)7-13-21(19,20)11-5-3-4-10(9(11)2)14(17)18/h3-5,8,13H,6-7H2,1-2H3,(H,15,16). The number of benzene rings is 1.